The highest BCUT2D eigenvalue weighted by atomic mass is 16.3. The quantitative estimate of drug-likeness (QED) is 0.845. The number of hydrogen-bond acceptors (Lipinski definition) is 2. The van der Waals surface area contributed by atoms with Crippen molar-refractivity contribution in [2.24, 2.45) is 11.3 Å². The molecule has 0 aromatic heterocycles. The topological polar surface area (TPSA) is 40.5 Å². The molecule has 2 N–H and O–H groups in total. The molecule has 1 aromatic carbocycles. The molecule has 1 saturated carbocycles. The van der Waals surface area contributed by atoms with Gasteiger partial charge in [-0.2, -0.15) is 0 Å². The van der Waals surface area contributed by atoms with Crippen molar-refractivity contribution in [1.29, 1.82) is 0 Å². The summed E-state index contributed by atoms with van der Waals surface area (Å²) in [6.07, 6.45) is 6.41. The standard InChI is InChI=1S/C17H26O2/c1-3-12-17(2)14(8-11-16(17)19)7-4-13-5-9-15(18)10-6-13/h5-6,9-10,14,16,18-19H,3-4,7-8,11-12H2,1-2H3/t14-,16+,17+/m1/s1. The largest absolute Gasteiger partial charge is 0.508 e. The average Bonchev–Trinajstić information content (AvgIpc) is 2.66. The number of aliphatic hydroxyl groups is 1. The lowest BCUT2D eigenvalue weighted by molar-refractivity contribution is 0.0294. The van der Waals surface area contributed by atoms with E-state index in [0.717, 1.165) is 38.5 Å². The maximum Gasteiger partial charge on any atom is 0.115 e. The van der Waals surface area contributed by atoms with Crippen molar-refractivity contribution < 1.29 is 10.2 Å². The van der Waals surface area contributed by atoms with E-state index < -0.39 is 0 Å². The highest BCUT2D eigenvalue weighted by molar-refractivity contribution is 5.26. The molecule has 0 radical (unpaired) electrons. The molecule has 1 aromatic rings. The second-order valence-corrected chi connectivity index (χ2v) is 6.25. The smallest absolute Gasteiger partial charge is 0.115 e. The third-order valence-electron chi connectivity index (χ3n) is 4.99. The average molecular weight is 262 g/mol. The zero-order valence-electron chi connectivity index (χ0n) is 12.1. The minimum atomic E-state index is -0.128. The van der Waals surface area contributed by atoms with E-state index in [1.807, 2.05) is 12.1 Å². The molecule has 1 aliphatic rings. The van der Waals surface area contributed by atoms with Crippen molar-refractivity contribution in [2.75, 3.05) is 0 Å². The Morgan fingerprint density at radius 1 is 1.21 bits per heavy atom. The second kappa shape index (κ2) is 5.96. The van der Waals surface area contributed by atoms with E-state index in [9.17, 15) is 10.2 Å². The first-order valence-electron chi connectivity index (χ1n) is 7.52. The van der Waals surface area contributed by atoms with Crippen LogP contribution in [0.25, 0.3) is 0 Å². The van der Waals surface area contributed by atoms with Crippen molar-refractivity contribution in [3.05, 3.63) is 29.8 Å². The first kappa shape index (κ1) is 14.4. The molecule has 0 spiro atoms. The number of phenols is 1. The van der Waals surface area contributed by atoms with Crippen LogP contribution in [0.2, 0.25) is 0 Å². The Labute approximate surface area is 116 Å². The Bertz CT molecular complexity index is 398. The number of aryl methyl sites for hydroxylation is 1. The van der Waals surface area contributed by atoms with Crippen LogP contribution in [-0.2, 0) is 6.42 Å². The molecule has 1 aliphatic carbocycles. The van der Waals surface area contributed by atoms with Crippen LogP contribution < -0.4 is 0 Å². The summed E-state index contributed by atoms with van der Waals surface area (Å²) in [6, 6.07) is 7.50. The van der Waals surface area contributed by atoms with E-state index >= 15 is 0 Å². The summed E-state index contributed by atoms with van der Waals surface area (Å²) in [6.45, 7) is 4.46. The summed E-state index contributed by atoms with van der Waals surface area (Å²) in [5.41, 5.74) is 1.38. The molecule has 19 heavy (non-hydrogen) atoms. The Morgan fingerprint density at radius 3 is 2.53 bits per heavy atom. The van der Waals surface area contributed by atoms with Crippen LogP contribution in [0, 0.1) is 11.3 Å². The number of aromatic hydroxyl groups is 1. The van der Waals surface area contributed by atoms with E-state index in [1.54, 1.807) is 12.1 Å². The summed E-state index contributed by atoms with van der Waals surface area (Å²) in [4.78, 5) is 0. The van der Waals surface area contributed by atoms with Gasteiger partial charge in [0.05, 0.1) is 6.10 Å². The van der Waals surface area contributed by atoms with Crippen LogP contribution in [-0.4, -0.2) is 16.3 Å². The minimum absolute atomic E-state index is 0.103. The highest BCUT2D eigenvalue weighted by Crippen LogP contribution is 2.48. The molecule has 0 heterocycles. The number of aliphatic hydroxyl groups excluding tert-OH is 1. The van der Waals surface area contributed by atoms with Gasteiger partial charge in [-0.05, 0) is 61.1 Å². The van der Waals surface area contributed by atoms with E-state index in [1.165, 1.54) is 5.56 Å². The Morgan fingerprint density at radius 2 is 1.89 bits per heavy atom. The molecule has 0 unspecified atom stereocenters. The summed E-state index contributed by atoms with van der Waals surface area (Å²) in [5.74, 6) is 0.951. The van der Waals surface area contributed by atoms with Gasteiger partial charge in [-0.25, -0.2) is 0 Å². The molecule has 0 amide bonds. The third-order valence-corrected chi connectivity index (χ3v) is 4.99. The SMILES string of the molecule is CCC[C@@]1(C)[C@H](CCc2ccc(O)cc2)CC[C@@H]1O. The predicted molar refractivity (Wildman–Crippen MR) is 78.2 cm³/mol. The van der Waals surface area contributed by atoms with Gasteiger partial charge in [0.15, 0.2) is 0 Å². The summed E-state index contributed by atoms with van der Waals surface area (Å²) in [7, 11) is 0. The van der Waals surface area contributed by atoms with Gasteiger partial charge in [-0.3, -0.25) is 0 Å². The van der Waals surface area contributed by atoms with E-state index in [0.29, 0.717) is 11.7 Å². The van der Waals surface area contributed by atoms with E-state index in [-0.39, 0.29) is 11.5 Å². The summed E-state index contributed by atoms with van der Waals surface area (Å²) in [5, 5.41) is 19.5. The Balaban J connectivity index is 1.96. The van der Waals surface area contributed by atoms with Crippen molar-refractivity contribution in [2.45, 2.75) is 58.5 Å². The second-order valence-electron chi connectivity index (χ2n) is 6.25. The molecule has 1 fully saturated rings. The molecule has 2 heteroatoms. The molecule has 0 bridgehead atoms. The minimum Gasteiger partial charge on any atom is -0.508 e. The third kappa shape index (κ3) is 3.11. The summed E-state index contributed by atoms with van der Waals surface area (Å²) >= 11 is 0. The Kier molecular flexibility index (Phi) is 4.51. The molecule has 0 saturated heterocycles. The fourth-order valence-electron chi connectivity index (χ4n) is 3.68. The van der Waals surface area contributed by atoms with Crippen LogP contribution in [0.3, 0.4) is 0 Å². The Hall–Kier alpha value is -1.02. The van der Waals surface area contributed by atoms with Crippen LogP contribution in [0.4, 0.5) is 0 Å². The fourth-order valence-corrected chi connectivity index (χ4v) is 3.68. The number of benzene rings is 1. The molecule has 2 rings (SSSR count). The normalized spacial score (nSPS) is 30.7. The molecule has 2 nitrogen and oxygen atoms in total. The molecular formula is C17H26O2. The molecule has 0 aliphatic heterocycles. The maximum absolute atomic E-state index is 10.3. The van der Waals surface area contributed by atoms with Gasteiger partial charge < -0.3 is 10.2 Å². The fraction of sp³-hybridized carbons (Fsp3) is 0.647. The zero-order valence-corrected chi connectivity index (χ0v) is 12.1. The predicted octanol–water partition coefficient (Wildman–Crippen LogP) is 3.90. The van der Waals surface area contributed by atoms with E-state index in [2.05, 4.69) is 13.8 Å². The van der Waals surface area contributed by atoms with Gasteiger partial charge in [0, 0.05) is 0 Å². The molecule has 106 valence electrons. The van der Waals surface area contributed by atoms with Gasteiger partial charge in [0.2, 0.25) is 0 Å². The number of hydrogen-bond donors (Lipinski definition) is 2. The molecule has 3 atom stereocenters. The van der Waals surface area contributed by atoms with E-state index in [4.69, 9.17) is 0 Å². The lowest BCUT2D eigenvalue weighted by Crippen LogP contribution is -2.32. The van der Waals surface area contributed by atoms with Gasteiger partial charge in [0.1, 0.15) is 5.75 Å². The maximum atomic E-state index is 10.3. The van der Waals surface area contributed by atoms with Crippen molar-refractivity contribution in [1.82, 2.24) is 0 Å². The van der Waals surface area contributed by atoms with Gasteiger partial charge in [0.25, 0.3) is 0 Å². The highest BCUT2D eigenvalue weighted by Gasteiger charge is 2.44. The lowest BCUT2D eigenvalue weighted by atomic mass is 9.72. The first-order chi connectivity index (χ1) is 9.06. The van der Waals surface area contributed by atoms with Crippen LogP contribution >= 0.6 is 0 Å². The van der Waals surface area contributed by atoms with Crippen molar-refractivity contribution >= 4 is 0 Å². The first-order valence-corrected chi connectivity index (χ1v) is 7.52. The van der Waals surface area contributed by atoms with Crippen LogP contribution in [0.1, 0.15) is 51.5 Å². The van der Waals surface area contributed by atoms with Gasteiger partial charge in [-0.15, -0.1) is 0 Å². The van der Waals surface area contributed by atoms with Crippen LogP contribution in [0.5, 0.6) is 5.75 Å². The molecular weight excluding hydrogens is 236 g/mol. The van der Waals surface area contributed by atoms with Crippen molar-refractivity contribution in [3.63, 3.8) is 0 Å². The lowest BCUT2D eigenvalue weighted by Gasteiger charge is -2.34. The van der Waals surface area contributed by atoms with Gasteiger partial charge >= 0.3 is 0 Å². The van der Waals surface area contributed by atoms with Crippen molar-refractivity contribution in [3.8, 4) is 5.75 Å². The van der Waals surface area contributed by atoms with Crippen LogP contribution in [0.15, 0.2) is 24.3 Å². The zero-order chi connectivity index (χ0) is 13.9. The number of phenolic OH excluding ortho intramolecular Hbond substituents is 1. The monoisotopic (exact) mass is 262 g/mol. The number of rotatable bonds is 5. The summed E-state index contributed by atoms with van der Waals surface area (Å²) < 4.78 is 0. The van der Waals surface area contributed by atoms with Gasteiger partial charge in [-0.1, -0.05) is 32.4 Å².